The van der Waals surface area contributed by atoms with E-state index in [1.165, 1.54) is 0 Å². The zero-order chi connectivity index (χ0) is 23.9. The average Bonchev–Trinajstić information content (AvgIpc) is 2.78. The maximum atomic E-state index is 13.1. The van der Waals surface area contributed by atoms with Crippen LogP contribution in [-0.2, 0) is 14.2 Å². The lowest BCUT2D eigenvalue weighted by molar-refractivity contribution is -0.153. The summed E-state index contributed by atoms with van der Waals surface area (Å²) < 4.78 is 34.5. The van der Waals surface area contributed by atoms with E-state index >= 15 is 0 Å². The number of aliphatic hydroxyl groups is 1. The lowest BCUT2D eigenvalue weighted by Gasteiger charge is -2.41. The summed E-state index contributed by atoms with van der Waals surface area (Å²) in [5.74, 6) is -0.00891. The molecule has 2 aliphatic rings. The molecule has 3 rings (SSSR count). The lowest BCUT2D eigenvalue weighted by Crippen LogP contribution is -2.53. The van der Waals surface area contributed by atoms with Crippen molar-refractivity contribution in [3.63, 3.8) is 0 Å². The molecule has 2 N–H and O–H groups in total. The second-order valence-corrected chi connectivity index (χ2v) is 8.91. The summed E-state index contributed by atoms with van der Waals surface area (Å²) in [5, 5.41) is 12.8. The van der Waals surface area contributed by atoms with Crippen molar-refractivity contribution in [2.45, 2.75) is 38.3 Å². The van der Waals surface area contributed by atoms with Crippen LogP contribution in [0, 0.1) is 5.41 Å². The van der Waals surface area contributed by atoms with Gasteiger partial charge >= 0.3 is 0 Å². The second-order valence-electron chi connectivity index (χ2n) is 8.91. The van der Waals surface area contributed by atoms with Crippen molar-refractivity contribution < 1.29 is 33.2 Å². The summed E-state index contributed by atoms with van der Waals surface area (Å²) in [7, 11) is 1.68. The minimum Gasteiger partial charge on any atom is -0.475 e. The Hall–Kier alpha value is -2.01. The van der Waals surface area contributed by atoms with Crippen molar-refractivity contribution in [2.75, 3.05) is 71.4 Å². The number of alkyl halides is 1. The van der Waals surface area contributed by atoms with Gasteiger partial charge in [-0.05, 0) is 25.0 Å². The number of rotatable bonds is 14. The molecule has 33 heavy (non-hydrogen) atoms. The quantitative estimate of drug-likeness (QED) is 0.396. The van der Waals surface area contributed by atoms with Gasteiger partial charge in [0.15, 0.2) is 0 Å². The molecule has 2 saturated heterocycles. The summed E-state index contributed by atoms with van der Waals surface area (Å²) in [6.45, 7) is 6.00. The number of aromatic nitrogens is 1. The van der Waals surface area contributed by atoms with Crippen LogP contribution in [0.5, 0.6) is 5.88 Å². The summed E-state index contributed by atoms with van der Waals surface area (Å²) in [6.07, 6.45) is 1.41. The molecule has 2 fully saturated rings. The molecular formula is C23H36FN3O6. The van der Waals surface area contributed by atoms with Crippen LogP contribution in [0.1, 0.15) is 37.2 Å². The highest BCUT2D eigenvalue weighted by Crippen LogP contribution is 2.34. The molecule has 0 spiro atoms. The van der Waals surface area contributed by atoms with Gasteiger partial charge in [0, 0.05) is 20.2 Å². The first-order valence-electron chi connectivity index (χ1n) is 11.5. The average molecular weight is 470 g/mol. The van der Waals surface area contributed by atoms with E-state index in [1.54, 1.807) is 13.2 Å². The van der Waals surface area contributed by atoms with Gasteiger partial charge in [-0.2, -0.15) is 0 Å². The molecule has 2 aliphatic heterocycles. The molecule has 9 nitrogen and oxygen atoms in total. The van der Waals surface area contributed by atoms with E-state index in [9.17, 15) is 14.3 Å². The summed E-state index contributed by atoms with van der Waals surface area (Å²) in [5.41, 5.74) is -0.0656. The first-order chi connectivity index (χ1) is 15.9. The Bertz CT molecular complexity index is 776. The number of hydrogen-bond acceptors (Lipinski definition) is 8. The normalized spacial score (nSPS) is 17.9. The predicted octanol–water partition coefficient (Wildman–Crippen LogP) is 1.58. The molecule has 186 valence electrons. The monoisotopic (exact) mass is 469 g/mol. The number of anilines is 1. The third-order valence-corrected chi connectivity index (χ3v) is 6.59. The third kappa shape index (κ3) is 5.92. The highest BCUT2D eigenvalue weighted by molar-refractivity contribution is 5.93. The van der Waals surface area contributed by atoms with E-state index in [1.807, 2.05) is 19.9 Å². The van der Waals surface area contributed by atoms with E-state index in [0.29, 0.717) is 45.0 Å². The van der Waals surface area contributed by atoms with Gasteiger partial charge in [0.05, 0.1) is 50.1 Å². The number of hydrogen-bond donors (Lipinski definition) is 2. The van der Waals surface area contributed by atoms with E-state index in [0.717, 1.165) is 5.69 Å². The maximum absolute atomic E-state index is 13.1. The Labute approximate surface area is 194 Å². The summed E-state index contributed by atoms with van der Waals surface area (Å²) in [6, 6.07) is 3.50. The third-order valence-electron chi connectivity index (χ3n) is 6.59. The van der Waals surface area contributed by atoms with E-state index < -0.39 is 17.6 Å². The number of ether oxygens (including phenoxy) is 4. The molecule has 0 saturated carbocycles. The minimum absolute atomic E-state index is 0.00280. The number of methoxy groups -OCH3 is 1. The molecule has 1 aromatic heterocycles. The van der Waals surface area contributed by atoms with Gasteiger partial charge in [-0.1, -0.05) is 13.8 Å². The number of carbonyl (C=O) groups is 1. The Morgan fingerprint density at radius 3 is 2.64 bits per heavy atom. The fraction of sp³-hybridized carbons (Fsp3) is 0.739. The Morgan fingerprint density at radius 1 is 1.36 bits per heavy atom. The molecule has 0 bridgehead atoms. The molecule has 0 atom stereocenters. The number of nitrogens with zero attached hydrogens (tertiary/aromatic N) is 2. The van der Waals surface area contributed by atoms with Crippen molar-refractivity contribution in [3.8, 4) is 5.88 Å². The smallest absolute Gasteiger partial charge is 0.270 e. The van der Waals surface area contributed by atoms with Crippen LogP contribution in [0.3, 0.4) is 0 Å². The molecule has 0 radical (unpaired) electrons. The summed E-state index contributed by atoms with van der Waals surface area (Å²) in [4.78, 5) is 19.7. The largest absolute Gasteiger partial charge is 0.475 e. The van der Waals surface area contributed by atoms with Crippen LogP contribution >= 0.6 is 0 Å². The number of pyridine rings is 1. The number of halogens is 1. The highest BCUT2D eigenvalue weighted by Gasteiger charge is 2.40. The van der Waals surface area contributed by atoms with Crippen molar-refractivity contribution in [1.82, 2.24) is 10.3 Å². The molecule has 0 unspecified atom stereocenters. The van der Waals surface area contributed by atoms with Crippen LogP contribution in [0.15, 0.2) is 12.1 Å². The Kier molecular flexibility index (Phi) is 8.86. The standard InChI is InChI=1S/C23H36FN3O6/c1-4-23(5-2,16-31-9-8-24)26-20(29)18-6-7-19(27-10-17(11-27)30-3)21(25-18)33-15-22(12-28)13-32-14-22/h6-7,17,28H,4-5,8-16H2,1-3H3,(H,26,29). The van der Waals surface area contributed by atoms with Crippen LogP contribution < -0.4 is 15.0 Å². The molecule has 10 heteroatoms. The van der Waals surface area contributed by atoms with Crippen LogP contribution in [0.25, 0.3) is 0 Å². The Balaban J connectivity index is 1.77. The van der Waals surface area contributed by atoms with Gasteiger partial charge in [0.1, 0.15) is 24.7 Å². The fourth-order valence-corrected chi connectivity index (χ4v) is 3.82. The van der Waals surface area contributed by atoms with Gasteiger partial charge in [-0.25, -0.2) is 9.37 Å². The van der Waals surface area contributed by atoms with Gasteiger partial charge in [0.2, 0.25) is 5.88 Å². The highest BCUT2D eigenvalue weighted by atomic mass is 19.1. The van der Waals surface area contributed by atoms with E-state index in [-0.39, 0.29) is 44.1 Å². The van der Waals surface area contributed by atoms with Crippen LogP contribution in [-0.4, -0.2) is 94.2 Å². The number of aliphatic hydroxyl groups excluding tert-OH is 1. The first kappa shape index (κ1) is 25.6. The molecule has 1 amide bonds. The van der Waals surface area contributed by atoms with Crippen molar-refractivity contribution >= 4 is 11.6 Å². The number of carbonyl (C=O) groups excluding carboxylic acids is 1. The van der Waals surface area contributed by atoms with E-state index in [2.05, 4.69) is 15.2 Å². The lowest BCUT2D eigenvalue weighted by atomic mass is 9.88. The van der Waals surface area contributed by atoms with Crippen LogP contribution in [0.4, 0.5) is 10.1 Å². The minimum atomic E-state index is -0.610. The molecule has 1 aromatic rings. The van der Waals surface area contributed by atoms with Gasteiger partial charge in [-0.15, -0.1) is 0 Å². The fourth-order valence-electron chi connectivity index (χ4n) is 3.82. The predicted molar refractivity (Wildman–Crippen MR) is 121 cm³/mol. The van der Waals surface area contributed by atoms with Crippen LogP contribution in [0.2, 0.25) is 0 Å². The SMILES string of the molecule is CCC(CC)(COCCF)NC(=O)c1ccc(N2CC(OC)C2)c(OCC2(CO)COC2)n1. The topological polar surface area (TPSA) is 102 Å². The molecular weight excluding hydrogens is 433 g/mol. The van der Waals surface area contributed by atoms with Crippen molar-refractivity contribution in [1.29, 1.82) is 0 Å². The van der Waals surface area contributed by atoms with E-state index in [4.69, 9.17) is 18.9 Å². The van der Waals surface area contributed by atoms with Gasteiger partial charge in [0.25, 0.3) is 5.91 Å². The molecule has 3 heterocycles. The maximum Gasteiger partial charge on any atom is 0.270 e. The van der Waals surface area contributed by atoms with Gasteiger partial charge < -0.3 is 34.3 Å². The zero-order valence-corrected chi connectivity index (χ0v) is 19.8. The van der Waals surface area contributed by atoms with Crippen molar-refractivity contribution in [2.24, 2.45) is 5.41 Å². The van der Waals surface area contributed by atoms with Gasteiger partial charge in [-0.3, -0.25) is 4.79 Å². The Morgan fingerprint density at radius 2 is 2.09 bits per heavy atom. The molecule has 0 aliphatic carbocycles. The van der Waals surface area contributed by atoms with Crippen molar-refractivity contribution in [3.05, 3.63) is 17.8 Å². The second kappa shape index (κ2) is 11.4. The molecule has 0 aromatic carbocycles. The first-order valence-corrected chi connectivity index (χ1v) is 11.5. The summed E-state index contributed by atoms with van der Waals surface area (Å²) >= 11 is 0. The zero-order valence-electron chi connectivity index (χ0n) is 19.8. The number of amides is 1. The number of nitrogens with one attached hydrogen (secondary N) is 1.